The molecule has 0 aromatic heterocycles. The van der Waals surface area contributed by atoms with Gasteiger partial charge in [-0.1, -0.05) is 44.9 Å². The topological polar surface area (TPSA) is 26.0 Å². The average molecular weight is 181 g/mol. The van der Waals surface area contributed by atoms with Gasteiger partial charge in [-0.3, -0.25) is 0 Å². The Labute approximate surface area is 82.7 Å². The van der Waals surface area contributed by atoms with E-state index in [1.807, 2.05) is 6.92 Å². The van der Waals surface area contributed by atoms with Crippen LogP contribution in [-0.4, -0.2) is 6.54 Å². The molecule has 0 heterocycles. The van der Waals surface area contributed by atoms with E-state index in [-0.39, 0.29) is 0 Å². The Morgan fingerprint density at radius 2 is 2.15 bits per heavy atom. The fourth-order valence-electron chi connectivity index (χ4n) is 1.34. The van der Waals surface area contributed by atoms with E-state index in [9.17, 15) is 0 Å². The van der Waals surface area contributed by atoms with Gasteiger partial charge in [0.15, 0.2) is 0 Å². The molecule has 0 aliphatic rings. The summed E-state index contributed by atoms with van der Waals surface area (Å²) in [6, 6.07) is 0. The van der Waals surface area contributed by atoms with Crippen molar-refractivity contribution in [2.75, 3.05) is 6.54 Å². The molecular formula is C12H23N. The van der Waals surface area contributed by atoms with Crippen LogP contribution < -0.4 is 5.73 Å². The molecule has 0 rings (SSSR count). The van der Waals surface area contributed by atoms with Gasteiger partial charge in [0, 0.05) is 6.54 Å². The summed E-state index contributed by atoms with van der Waals surface area (Å²) in [5.74, 6) is 0.803. The number of hydrogen-bond acceptors (Lipinski definition) is 1. The fourth-order valence-corrected chi connectivity index (χ4v) is 1.34. The van der Waals surface area contributed by atoms with Crippen molar-refractivity contribution in [3.05, 3.63) is 23.8 Å². The molecule has 1 unspecified atom stereocenters. The first-order chi connectivity index (χ1) is 6.24. The SMILES string of the molecule is C/C=C(\C=C/CC(C)CCC)CN. The Balaban J connectivity index is 3.73. The van der Waals surface area contributed by atoms with E-state index in [0.29, 0.717) is 6.54 Å². The third kappa shape index (κ3) is 6.59. The van der Waals surface area contributed by atoms with E-state index < -0.39 is 0 Å². The van der Waals surface area contributed by atoms with Crippen LogP contribution in [0.25, 0.3) is 0 Å². The van der Waals surface area contributed by atoms with Gasteiger partial charge in [0.25, 0.3) is 0 Å². The van der Waals surface area contributed by atoms with E-state index in [0.717, 1.165) is 5.92 Å². The molecule has 0 aliphatic carbocycles. The molecule has 0 fully saturated rings. The molecule has 0 spiro atoms. The summed E-state index contributed by atoms with van der Waals surface area (Å²) in [6.45, 7) is 7.21. The largest absolute Gasteiger partial charge is 0.327 e. The number of allylic oxidation sites excluding steroid dienone is 2. The second-order valence-electron chi connectivity index (χ2n) is 3.60. The lowest BCUT2D eigenvalue weighted by Crippen LogP contribution is -2.00. The van der Waals surface area contributed by atoms with Crippen molar-refractivity contribution in [2.24, 2.45) is 11.7 Å². The van der Waals surface area contributed by atoms with Crippen molar-refractivity contribution in [1.29, 1.82) is 0 Å². The maximum absolute atomic E-state index is 5.54. The minimum atomic E-state index is 0.648. The van der Waals surface area contributed by atoms with Gasteiger partial charge in [0.2, 0.25) is 0 Å². The van der Waals surface area contributed by atoms with Crippen molar-refractivity contribution < 1.29 is 0 Å². The Hall–Kier alpha value is -0.560. The highest BCUT2D eigenvalue weighted by Gasteiger charge is 1.96. The minimum Gasteiger partial charge on any atom is -0.327 e. The van der Waals surface area contributed by atoms with Crippen molar-refractivity contribution in [2.45, 2.75) is 40.0 Å². The Kier molecular flexibility index (Phi) is 7.71. The quantitative estimate of drug-likeness (QED) is 0.625. The summed E-state index contributed by atoms with van der Waals surface area (Å²) in [5, 5.41) is 0. The third-order valence-electron chi connectivity index (χ3n) is 2.26. The molecule has 0 aliphatic heterocycles. The van der Waals surface area contributed by atoms with Crippen LogP contribution in [-0.2, 0) is 0 Å². The molecule has 13 heavy (non-hydrogen) atoms. The molecule has 0 radical (unpaired) electrons. The lowest BCUT2D eigenvalue weighted by Gasteiger charge is -2.05. The first-order valence-corrected chi connectivity index (χ1v) is 5.26. The lowest BCUT2D eigenvalue weighted by atomic mass is 10.0. The molecule has 0 saturated carbocycles. The monoisotopic (exact) mass is 181 g/mol. The zero-order valence-electron chi connectivity index (χ0n) is 9.22. The van der Waals surface area contributed by atoms with Crippen LogP contribution in [0.4, 0.5) is 0 Å². The summed E-state index contributed by atoms with van der Waals surface area (Å²) >= 11 is 0. The molecular weight excluding hydrogens is 158 g/mol. The highest BCUT2D eigenvalue weighted by molar-refractivity contribution is 5.18. The second kappa shape index (κ2) is 8.06. The molecule has 76 valence electrons. The first kappa shape index (κ1) is 12.4. The average Bonchev–Trinajstić information content (AvgIpc) is 2.13. The molecule has 0 amide bonds. The first-order valence-electron chi connectivity index (χ1n) is 5.26. The van der Waals surface area contributed by atoms with Crippen LogP contribution in [0.15, 0.2) is 23.8 Å². The highest BCUT2D eigenvalue weighted by atomic mass is 14.5. The van der Waals surface area contributed by atoms with Gasteiger partial charge in [0.1, 0.15) is 0 Å². The van der Waals surface area contributed by atoms with Gasteiger partial charge < -0.3 is 5.73 Å². The summed E-state index contributed by atoms with van der Waals surface area (Å²) in [6.07, 6.45) is 10.2. The van der Waals surface area contributed by atoms with Crippen LogP contribution in [0.2, 0.25) is 0 Å². The summed E-state index contributed by atoms with van der Waals surface area (Å²) < 4.78 is 0. The number of nitrogens with two attached hydrogens (primary N) is 1. The van der Waals surface area contributed by atoms with E-state index >= 15 is 0 Å². The molecule has 0 aromatic carbocycles. The Morgan fingerprint density at radius 1 is 1.46 bits per heavy atom. The highest BCUT2D eigenvalue weighted by Crippen LogP contribution is 2.10. The van der Waals surface area contributed by atoms with E-state index in [2.05, 4.69) is 32.1 Å². The number of rotatable bonds is 6. The van der Waals surface area contributed by atoms with Gasteiger partial charge in [-0.2, -0.15) is 0 Å². The zero-order valence-corrected chi connectivity index (χ0v) is 9.22. The van der Waals surface area contributed by atoms with Gasteiger partial charge in [-0.05, 0) is 24.8 Å². The third-order valence-corrected chi connectivity index (χ3v) is 2.26. The summed E-state index contributed by atoms with van der Waals surface area (Å²) in [5.41, 5.74) is 6.76. The molecule has 1 atom stereocenters. The van der Waals surface area contributed by atoms with Crippen LogP contribution >= 0.6 is 0 Å². The Bertz CT molecular complexity index is 168. The number of hydrogen-bond donors (Lipinski definition) is 1. The minimum absolute atomic E-state index is 0.648. The zero-order chi connectivity index (χ0) is 10.1. The molecule has 1 heteroatoms. The smallest absolute Gasteiger partial charge is 0.0174 e. The molecule has 0 bridgehead atoms. The lowest BCUT2D eigenvalue weighted by molar-refractivity contribution is 0.532. The fraction of sp³-hybridized carbons (Fsp3) is 0.667. The molecule has 0 saturated heterocycles. The van der Waals surface area contributed by atoms with Gasteiger partial charge in [-0.25, -0.2) is 0 Å². The molecule has 1 nitrogen and oxygen atoms in total. The predicted octanol–water partition coefficient (Wildman–Crippen LogP) is 3.27. The predicted molar refractivity (Wildman–Crippen MR) is 60.6 cm³/mol. The van der Waals surface area contributed by atoms with Gasteiger partial charge >= 0.3 is 0 Å². The van der Waals surface area contributed by atoms with Crippen LogP contribution in [0.5, 0.6) is 0 Å². The maximum Gasteiger partial charge on any atom is 0.0174 e. The van der Waals surface area contributed by atoms with Crippen LogP contribution in [0.1, 0.15) is 40.0 Å². The van der Waals surface area contributed by atoms with E-state index in [1.54, 1.807) is 0 Å². The molecule has 0 aromatic rings. The van der Waals surface area contributed by atoms with Gasteiger partial charge in [-0.15, -0.1) is 0 Å². The maximum atomic E-state index is 5.54. The summed E-state index contributed by atoms with van der Waals surface area (Å²) in [4.78, 5) is 0. The normalized spacial score (nSPS) is 15.2. The Morgan fingerprint density at radius 3 is 2.62 bits per heavy atom. The van der Waals surface area contributed by atoms with Crippen molar-refractivity contribution in [1.82, 2.24) is 0 Å². The van der Waals surface area contributed by atoms with E-state index in [4.69, 9.17) is 5.73 Å². The summed E-state index contributed by atoms with van der Waals surface area (Å²) in [7, 11) is 0. The standard InChI is InChI=1S/C12H23N/c1-4-7-11(3)8-6-9-12(5-2)10-13/h5-6,9,11H,4,7-8,10,13H2,1-3H3/b9-6-,12-5+. The van der Waals surface area contributed by atoms with Crippen LogP contribution in [0.3, 0.4) is 0 Å². The van der Waals surface area contributed by atoms with Gasteiger partial charge in [0.05, 0.1) is 0 Å². The molecule has 2 N–H and O–H groups in total. The van der Waals surface area contributed by atoms with Crippen molar-refractivity contribution in [3.63, 3.8) is 0 Å². The van der Waals surface area contributed by atoms with Crippen molar-refractivity contribution in [3.8, 4) is 0 Å². The second-order valence-corrected chi connectivity index (χ2v) is 3.60. The van der Waals surface area contributed by atoms with Crippen LogP contribution in [0, 0.1) is 5.92 Å². The van der Waals surface area contributed by atoms with Crippen molar-refractivity contribution >= 4 is 0 Å². The van der Waals surface area contributed by atoms with E-state index in [1.165, 1.54) is 24.8 Å².